The molecular weight excluding hydrogens is 404 g/mol. The lowest BCUT2D eigenvalue weighted by Gasteiger charge is -2.32. The predicted octanol–water partition coefficient (Wildman–Crippen LogP) is 5.02. The molecule has 1 atom stereocenters. The number of hydrogen-bond donors (Lipinski definition) is 1. The molecule has 2 aromatic carbocycles. The largest absolute Gasteiger partial charge is 0.493 e. The van der Waals surface area contributed by atoms with Gasteiger partial charge in [0.1, 0.15) is 17.6 Å². The van der Waals surface area contributed by atoms with E-state index in [9.17, 15) is 9.90 Å². The molecule has 6 heteroatoms. The smallest absolute Gasteiger partial charge is 0.320 e. The van der Waals surface area contributed by atoms with E-state index in [0.717, 1.165) is 47.7 Å². The second kappa shape index (κ2) is 10.0. The molecule has 0 saturated carbocycles. The number of carboxylic acid groups (broad SMARTS) is 1. The van der Waals surface area contributed by atoms with Crippen LogP contribution in [0.4, 0.5) is 0 Å². The van der Waals surface area contributed by atoms with E-state index in [1.165, 1.54) is 5.56 Å². The molecule has 1 aliphatic rings. The van der Waals surface area contributed by atoms with Crippen LogP contribution in [0, 0.1) is 13.8 Å². The number of ether oxygens (including phenoxy) is 1. The van der Waals surface area contributed by atoms with Crippen molar-refractivity contribution in [2.45, 2.75) is 52.1 Å². The summed E-state index contributed by atoms with van der Waals surface area (Å²) in [7, 11) is 0. The van der Waals surface area contributed by atoms with E-state index in [1.807, 2.05) is 43.3 Å². The van der Waals surface area contributed by atoms with Gasteiger partial charge in [-0.25, -0.2) is 4.98 Å². The Bertz CT molecular complexity index is 1080. The van der Waals surface area contributed by atoms with Gasteiger partial charge in [0.2, 0.25) is 5.89 Å². The lowest BCUT2D eigenvalue weighted by Crippen LogP contribution is -2.43. The maximum Gasteiger partial charge on any atom is 0.320 e. The lowest BCUT2D eigenvalue weighted by molar-refractivity contribution is -0.144. The Hall–Kier alpha value is -3.12. The Morgan fingerprint density at radius 3 is 2.84 bits per heavy atom. The summed E-state index contributed by atoms with van der Waals surface area (Å²) < 4.78 is 11.9. The number of rotatable bonds is 8. The minimum absolute atomic E-state index is 0.397. The highest BCUT2D eigenvalue weighted by Gasteiger charge is 2.28. The van der Waals surface area contributed by atoms with Crippen LogP contribution in [0.1, 0.15) is 41.8 Å². The quantitative estimate of drug-likeness (QED) is 0.537. The zero-order chi connectivity index (χ0) is 22.5. The molecule has 1 aromatic heterocycles. The van der Waals surface area contributed by atoms with E-state index in [4.69, 9.17) is 9.15 Å². The molecule has 0 bridgehead atoms. The number of carboxylic acids is 1. The molecule has 6 nitrogen and oxygen atoms in total. The molecule has 2 heterocycles. The maximum atomic E-state index is 11.6. The Morgan fingerprint density at radius 1 is 1.19 bits per heavy atom. The average molecular weight is 435 g/mol. The van der Waals surface area contributed by atoms with Crippen molar-refractivity contribution >= 4 is 5.97 Å². The van der Waals surface area contributed by atoms with Gasteiger partial charge in [-0.2, -0.15) is 0 Å². The highest BCUT2D eigenvalue weighted by Crippen LogP contribution is 2.24. The van der Waals surface area contributed by atoms with Gasteiger partial charge in [0.25, 0.3) is 0 Å². The molecule has 0 spiro atoms. The van der Waals surface area contributed by atoms with Crippen molar-refractivity contribution in [1.82, 2.24) is 9.88 Å². The third kappa shape index (κ3) is 5.37. The van der Waals surface area contributed by atoms with Crippen LogP contribution in [0.5, 0.6) is 5.75 Å². The standard InChI is InChI=1S/C26H30N2O4/c1-18-7-5-9-21(15-18)25-27-23(19(2)32-25)12-14-31-22-10-6-8-20(16-22)17-28-13-4-3-11-24(28)26(29)30/h5-10,15-16,24H,3-4,11-14,17H2,1-2H3,(H,29,30). The van der Waals surface area contributed by atoms with Gasteiger partial charge in [-0.1, -0.05) is 36.2 Å². The molecule has 168 valence electrons. The van der Waals surface area contributed by atoms with Crippen LogP contribution >= 0.6 is 0 Å². The normalized spacial score (nSPS) is 16.8. The molecule has 1 fully saturated rings. The molecule has 1 saturated heterocycles. The second-order valence-electron chi connectivity index (χ2n) is 8.46. The number of aromatic nitrogens is 1. The SMILES string of the molecule is Cc1cccc(-c2nc(CCOc3cccc(CN4CCCCC4C(=O)O)c3)c(C)o2)c1. The van der Waals surface area contributed by atoms with Crippen LogP contribution in [0.25, 0.3) is 11.5 Å². The van der Waals surface area contributed by atoms with E-state index in [-0.39, 0.29) is 0 Å². The molecule has 1 N–H and O–H groups in total. The van der Waals surface area contributed by atoms with E-state index in [2.05, 4.69) is 28.9 Å². The third-order valence-electron chi connectivity index (χ3n) is 5.95. The monoisotopic (exact) mass is 434 g/mol. The van der Waals surface area contributed by atoms with Crippen molar-refractivity contribution in [3.05, 3.63) is 71.1 Å². The van der Waals surface area contributed by atoms with Gasteiger partial charge in [-0.15, -0.1) is 0 Å². The number of carbonyl (C=O) groups is 1. The van der Waals surface area contributed by atoms with Gasteiger partial charge in [-0.05, 0) is 63.1 Å². The Morgan fingerprint density at radius 2 is 2.03 bits per heavy atom. The highest BCUT2D eigenvalue weighted by atomic mass is 16.5. The van der Waals surface area contributed by atoms with Crippen molar-refractivity contribution in [2.75, 3.05) is 13.2 Å². The minimum atomic E-state index is -0.731. The van der Waals surface area contributed by atoms with Gasteiger partial charge in [0, 0.05) is 18.5 Å². The lowest BCUT2D eigenvalue weighted by atomic mass is 10.0. The fraction of sp³-hybridized carbons (Fsp3) is 0.385. The highest BCUT2D eigenvalue weighted by molar-refractivity contribution is 5.73. The molecule has 0 amide bonds. The number of aliphatic carboxylic acids is 1. The molecule has 0 aliphatic carbocycles. The van der Waals surface area contributed by atoms with E-state index < -0.39 is 12.0 Å². The van der Waals surface area contributed by atoms with E-state index >= 15 is 0 Å². The third-order valence-corrected chi connectivity index (χ3v) is 5.95. The molecular formula is C26H30N2O4. The number of aryl methyl sites for hydroxylation is 2. The van der Waals surface area contributed by atoms with Crippen LogP contribution in [0.15, 0.2) is 52.9 Å². The summed E-state index contributed by atoms with van der Waals surface area (Å²) in [6, 6.07) is 15.6. The van der Waals surface area contributed by atoms with Crippen molar-refractivity contribution in [2.24, 2.45) is 0 Å². The van der Waals surface area contributed by atoms with Crippen LogP contribution < -0.4 is 4.74 Å². The zero-order valence-electron chi connectivity index (χ0n) is 18.7. The van der Waals surface area contributed by atoms with Crippen LogP contribution in [-0.4, -0.2) is 40.2 Å². The summed E-state index contributed by atoms with van der Waals surface area (Å²) in [5, 5.41) is 9.50. The van der Waals surface area contributed by atoms with Gasteiger partial charge in [0.15, 0.2) is 0 Å². The Balaban J connectivity index is 1.35. The number of nitrogens with zero attached hydrogens (tertiary/aromatic N) is 2. The minimum Gasteiger partial charge on any atom is -0.493 e. The van der Waals surface area contributed by atoms with Crippen molar-refractivity contribution in [3.8, 4) is 17.2 Å². The molecule has 1 unspecified atom stereocenters. The molecule has 32 heavy (non-hydrogen) atoms. The first-order chi connectivity index (χ1) is 15.5. The number of piperidine rings is 1. The van der Waals surface area contributed by atoms with Crippen LogP contribution in [0.2, 0.25) is 0 Å². The maximum absolute atomic E-state index is 11.6. The van der Waals surface area contributed by atoms with E-state index in [0.29, 0.717) is 31.9 Å². The molecule has 4 rings (SSSR count). The summed E-state index contributed by atoms with van der Waals surface area (Å²) in [6.07, 6.45) is 3.39. The summed E-state index contributed by atoms with van der Waals surface area (Å²) in [6.45, 7) is 5.91. The van der Waals surface area contributed by atoms with Gasteiger partial charge < -0.3 is 14.3 Å². The summed E-state index contributed by atoms with van der Waals surface area (Å²) in [4.78, 5) is 18.3. The second-order valence-corrected chi connectivity index (χ2v) is 8.46. The first-order valence-corrected chi connectivity index (χ1v) is 11.2. The fourth-order valence-corrected chi connectivity index (χ4v) is 4.26. The number of benzene rings is 2. The Labute approximate surface area is 188 Å². The van der Waals surface area contributed by atoms with Crippen molar-refractivity contribution < 1.29 is 19.1 Å². The first kappa shape index (κ1) is 22.1. The first-order valence-electron chi connectivity index (χ1n) is 11.2. The Kier molecular flexibility index (Phi) is 6.90. The van der Waals surface area contributed by atoms with Gasteiger partial charge >= 0.3 is 5.97 Å². The van der Waals surface area contributed by atoms with Crippen molar-refractivity contribution in [3.63, 3.8) is 0 Å². The molecule has 3 aromatic rings. The predicted molar refractivity (Wildman–Crippen MR) is 123 cm³/mol. The average Bonchev–Trinajstić information content (AvgIpc) is 3.15. The topological polar surface area (TPSA) is 75.8 Å². The molecule has 1 aliphatic heterocycles. The zero-order valence-corrected chi connectivity index (χ0v) is 18.7. The molecule has 0 radical (unpaired) electrons. The van der Waals surface area contributed by atoms with E-state index in [1.54, 1.807) is 0 Å². The fourth-order valence-electron chi connectivity index (χ4n) is 4.26. The number of hydrogen-bond acceptors (Lipinski definition) is 5. The van der Waals surface area contributed by atoms with Gasteiger partial charge in [0.05, 0.1) is 12.3 Å². The van der Waals surface area contributed by atoms with Crippen molar-refractivity contribution in [1.29, 1.82) is 0 Å². The summed E-state index contributed by atoms with van der Waals surface area (Å²) in [5.41, 5.74) is 4.11. The summed E-state index contributed by atoms with van der Waals surface area (Å²) >= 11 is 0. The van der Waals surface area contributed by atoms with Crippen LogP contribution in [0.3, 0.4) is 0 Å². The number of likely N-dealkylation sites (tertiary alicyclic amines) is 1. The van der Waals surface area contributed by atoms with Crippen LogP contribution in [-0.2, 0) is 17.8 Å². The number of oxazole rings is 1. The van der Waals surface area contributed by atoms with Gasteiger partial charge in [-0.3, -0.25) is 9.69 Å². The summed E-state index contributed by atoms with van der Waals surface area (Å²) in [5.74, 6) is 1.50.